The van der Waals surface area contributed by atoms with Gasteiger partial charge in [-0.15, -0.1) is 0 Å². The van der Waals surface area contributed by atoms with Crippen molar-refractivity contribution in [2.45, 2.75) is 77.8 Å². The SMILES string of the molecule is CC(C)Cc1nc(CN2CC[C@@]3(CCCN(C4CCCC4)C3=O)C2)no1. The zero-order valence-corrected chi connectivity index (χ0v) is 16.2. The monoisotopic (exact) mass is 360 g/mol. The van der Waals surface area contributed by atoms with Gasteiger partial charge >= 0.3 is 0 Å². The summed E-state index contributed by atoms with van der Waals surface area (Å²) in [5, 5.41) is 4.14. The molecule has 1 atom stereocenters. The van der Waals surface area contributed by atoms with E-state index in [2.05, 4.69) is 33.8 Å². The Morgan fingerprint density at radius 3 is 2.77 bits per heavy atom. The van der Waals surface area contributed by atoms with Crippen LogP contribution in [0.3, 0.4) is 0 Å². The van der Waals surface area contributed by atoms with Crippen molar-refractivity contribution in [1.29, 1.82) is 0 Å². The molecule has 0 radical (unpaired) electrons. The van der Waals surface area contributed by atoms with Crippen LogP contribution in [0.5, 0.6) is 0 Å². The second-order valence-corrected chi connectivity index (χ2v) is 8.98. The number of carbonyl (C=O) groups is 1. The number of aromatic nitrogens is 2. The smallest absolute Gasteiger partial charge is 0.230 e. The van der Waals surface area contributed by atoms with E-state index in [0.717, 1.165) is 57.0 Å². The fourth-order valence-electron chi connectivity index (χ4n) is 5.12. The molecule has 3 fully saturated rings. The molecule has 0 N–H and O–H groups in total. The summed E-state index contributed by atoms with van der Waals surface area (Å²) in [5.74, 6) is 2.42. The molecule has 6 nitrogen and oxygen atoms in total. The third-order valence-electron chi connectivity index (χ3n) is 6.43. The van der Waals surface area contributed by atoms with Crippen molar-refractivity contribution in [3.05, 3.63) is 11.7 Å². The Hall–Kier alpha value is -1.43. The van der Waals surface area contributed by atoms with E-state index >= 15 is 0 Å². The van der Waals surface area contributed by atoms with Gasteiger partial charge in [-0.05, 0) is 44.6 Å². The molecule has 1 amide bonds. The maximum Gasteiger partial charge on any atom is 0.230 e. The highest BCUT2D eigenvalue weighted by molar-refractivity contribution is 5.84. The van der Waals surface area contributed by atoms with Crippen molar-refractivity contribution in [2.24, 2.45) is 11.3 Å². The number of nitrogens with zero attached hydrogens (tertiary/aromatic N) is 4. The van der Waals surface area contributed by atoms with Gasteiger partial charge in [-0.1, -0.05) is 31.8 Å². The van der Waals surface area contributed by atoms with E-state index in [-0.39, 0.29) is 5.41 Å². The van der Waals surface area contributed by atoms with Gasteiger partial charge in [0, 0.05) is 25.6 Å². The third kappa shape index (κ3) is 3.53. The van der Waals surface area contributed by atoms with Crippen molar-refractivity contribution in [1.82, 2.24) is 19.9 Å². The van der Waals surface area contributed by atoms with E-state index in [9.17, 15) is 4.79 Å². The summed E-state index contributed by atoms with van der Waals surface area (Å²) in [5.41, 5.74) is -0.161. The van der Waals surface area contributed by atoms with E-state index in [4.69, 9.17) is 4.52 Å². The van der Waals surface area contributed by atoms with Gasteiger partial charge in [0.1, 0.15) is 0 Å². The van der Waals surface area contributed by atoms with Crippen LogP contribution in [-0.2, 0) is 17.8 Å². The van der Waals surface area contributed by atoms with E-state index in [0.29, 0.717) is 24.4 Å². The van der Waals surface area contributed by atoms with E-state index < -0.39 is 0 Å². The van der Waals surface area contributed by atoms with Crippen molar-refractivity contribution in [3.63, 3.8) is 0 Å². The summed E-state index contributed by atoms with van der Waals surface area (Å²) in [4.78, 5) is 22.4. The summed E-state index contributed by atoms with van der Waals surface area (Å²) < 4.78 is 5.37. The number of likely N-dealkylation sites (tertiary alicyclic amines) is 2. The summed E-state index contributed by atoms with van der Waals surface area (Å²) in [7, 11) is 0. The molecular formula is C20H32N4O2. The molecular weight excluding hydrogens is 328 g/mol. The summed E-state index contributed by atoms with van der Waals surface area (Å²) in [6, 6.07) is 0.504. The normalized spacial score (nSPS) is 28.1. The van der Waals surface area contributed by atoms with Gasteiger partial charge in [0.2, 0.25) is 11.8 Å². The molecule has 4 rings (SSSR count). The molecule has 3 heterocycles. The van der Waals surface area contributed by atoms with Crippen LogP contribution in [0.2, 0.25) is 0 Å². The number of amides is 1. The van der Waals surface area contributed by atoms with Crippen LogP contribution in [0.15, 0.2) is 4.52 Å². The predicted molar refractivity (Wildman–Crippen MR) is 98.4 cm³/mol. The average Bonchev–Trinajstić information content (AvgIpc) is 3.33. The van der Waals surface area contributed by atoms with Crippen LogP contribution in [0.1, 0.15) is 70.5 Å². The molecule has 1 aliphatic carbocycles. The van der Waals surface area contributed by atoms with E-state index in [1.165, 1.54) is 25.7 Å². The second kappa shape index (κ2) is 7.29. The molecule has 0 unspecified atom stereocenters. The fourth-order valence-corrected chi connectivity index (χ4v) is 5.12. The number of hydrogen-bond donors (Lipinski definition) is 0. The van der Waals surface area contributed by atoms with Crippen molar-refractivity contribution in [3.8, 4) is 0 Å². The van der Waals surface area contributed by atoms with Gasteiger partial charge in [-0.3, -0.25) is 9.69 Å². The first-order chi connectivity index (χ1) is 12.6. The van der Waals surface area contributed by atoms with Crippen molar-refractivity contribution in [2.75, 3.05) is 19.6 Å². The van der Waals surface area contributed by atoms with Crippen LogP contribution in [0.4, 0.5) is 0 Å². The Kier molecular flexibility index (Phi) is 5.04. The van der Waals surface area contributed by atoms with E-state index in [1.54, 1.807) is 0 Å². The summed E-state index contributed by atoms with van der Waals surface area (Å²) >= 11 is 0. The van der Waals surface area contributed by atoms with Gasteiger partial charge in [0.05, 0.1) is 12.0 Å². The minimum atomic E-state index is -0.161. The van der Waals surface area contributed by atoms with E-state index in [1.807, 2.05) is 0 Å². The fraction of sp³-hybridized carbons (Fsp3) is 0.850. The zero-order valence-electron chi connectivity index (χ0n) is 16.2. The quantitative estimate of drug-likeness (QED) is 0.808. The topological polar surface area (TPSA) is 62.5 Å². The number of carbonyl (C=O) groups excluding carboxylic acids is 1. The highest BCUT2D eigenvalue weighted by Crippen LogP contribution is 2.42. The molecule has 1 saturated carbocycles. The largest absolute Gasteiger partial charge is 0.339 e. The van der Waals surface area contributed by atoms with Crippen LogP contribution in [0.25, 0.3) is 0 Å². The lowest BCUT2D eigenvalue weighted by molar-refractivity contribution is -0.148. The molecule has 0 aromatic carbocycles. The summed E-state index contributed by atoms with van der Waals surface area (Å²) in [6.45, 7) is 7.77. The van der Waals surface area contributed by atoms with Gasteiger partial charge in [-0.2, -0.15) is 4.98 Å². The molecule has 1 aromatic rings. The third-order valence-corrected chi connectivity index (χ3v) is 6.43. The van der Waals surface area contributed by atoms with Crippen molar-refractivity contribution < 1.29 is 9.32 Å². The molecule has 26 heavy (non-hydrogen) atoms. The lowest BCUT2D eigenvalue weighted by Gasteiger charge is -2.42. The number of rotatable bonds is 5. The Labute approximate surface area is 156 Å². The zero-order chi connectivity index (χ0) is 18.1. The van der Waals surface area contributed by atoms with Crippen LogP contribution in [0, 0.1) is 11.3 Å². The number of piperidine rings is 1. The first-order valence-corrected chi connectivity index (χ1v) is 10.4. The standard InChI is InChI=1S/C20H32N4O2/c1-15(2)12-18-21-17(22-26-18)13-23-11-9-20(14-23)8-5-10-24(19(20)25)16-6-3-4-7-16/h15-16H,3-14H2,1-2H3/t20-/m0/s1. The predicted octanol–water partition coefficient (Wildman–Crippen LogP) is 3.03. The molecule has 1 spiro atoms. The molecule has 0 bridgehead atoms. The molecule has 3 aliphatic rings. The lowest BCUT2D eigenvalue weighted by Crippen LogP contribution is -2.53. The highest BCUT2D eigenvalue weighted by Gasteiger charge is 2.49. The maximum absolute atomic E-state index is 13.3. The van der Waals surface area contributed by atoms with Crippen LogP contribution < -0.4 is 0 Å². The molecule has 1 aromatic heterocycles. The van der Waals surface area contributed by atoms with Gasteiger partial charge in [0.15, 0.2) is 5.82 Å². The second-order valence-electron chi connectivity index (χ2n) is 8.98. The Bertz CT molecular complexity index is 638. The molecule has 144 valence electrons. The molecule has 6 heteroatoms. The maximum atomic E-state index is 13.3. The first-order valence-electron chi connectivity index (χ1n) is 10.4. The Balaban J connectivity index is 1.39. The molecule has 2 aliphatic heterocycles. The Morgan fingerprint density at radius 1 is 1.19 bits per heavy atom. The average molecular weight is 361 g/mol. The van der Waals surface area contributed by atoms with Crippen molar-refractivity contribution >= 4 is 5.91 Å². The lowest BCUT2D eigenvalue weighted by atomic mass is 9.77. The molecule has 2 saturated heterocycles. The van der Waals surface area contributed by atoms with Crippen LogP contribution >= 0.6 is 0 Å². The van der Waals surface area contributed by atoms with Gasteiger partial charge in [-0.25, -0.2) is 0 Å². The van der Waals surface area contributed by atoms with Crippen LogP contribution in [-0.4, -0.2) is 51.5 Å². The summed E-state index contributed by atoms with van der Waals surface area (Å²) in [6.07, 6.45) is 8.96. The first kappa shape index (κ1) is 18.0. The van der Waals surface area contributed by atoms with Gasteiger partial charge < -0.3 is 9.42 Å². The Morgan fingerprint density at radius 2 is 2.00 bits per heavy atom. The minimum Gasteiger partial charge on any atom is -0.339 e. The minimum absolute atomic E-state index is 0.161. The number of hydrogen-bond acceptors (Lipinski definition) is 5. The van der Waals surface area contributed by atoms with Gasteiger partial charge in [0.25, 0.3) is 0 Å². The highest BCUT2D eigenvalue weighted by atomic mass is 16.5.